The predicted molar refractivity (Wildman–Crippen MR) is 154 cm³/mol. The van der Waals surface area contributed by atoms with E-state index >= 15 is 0 Å². The van der Waals surface area contributed by atoms with Crippen LogP contribution in [0.2, 0.25) is 0 Å². The molecule has 2 saturated carbocycles. The zero-order chi connectivity index (χ0) is 34.2. The number of nitrogens with one attached hydrogen (secondary N) is 2. The normalized spacial score (nSPS) is 16.6. The fourth-order valence-corrected chi connectivity index (χ4v) is 4.23. The predicted octanol–water partition coefficient (Wildman–Crippen LogP) is 3.13. The van der Waals surface area contributed by atoms with Crippen LogP contribution in [0.5, 0.6) is 0 Å². The molecule has 9 nitrogen and oxygen atoms in total. The summed E-state index contributed by atoms with van der Waals surface area (Å²) in [6.07, 6.45) is -0.692. The van der Waals surface area contributed by atoms with E-state index < -0.39 is 24.9 Å². The van der Waals surface area contributed by atoms with E-state index in [0.29, 0.717) is 18.5 Å². The molecule has 1 aromatic rings. The van der Waals surface area contributed by atoms with Crippen LogP contribution >= 0.6 is 0 Å². The fraction of sp³-hybridized carbons (Fsp3) is 0.621. The van der Waals surface area contributed by atoms with E-state index in [0.717, 1.165) is 45.8 Å². The van der Waals surface area contributed by atoms with Crippen LogP contribution < -0.4 is 10.6 Å². The van der Waals surface area contributed by atoms with Crippen LogP contribution in [0.4, 0.5) is 26.3 Å². The van der Waals surface area contributed by atoms with Crippen LogP contribution in [0.1, 0.15) is 44.6 Å². The Morgan fingerprint density at radius 3 is 1.80 bits per heavy atom. The number of amides is 1. The Balaban J connectivity index is 0. The van der Waals surface area contributed by atoms with E-state index in [-0.39, 0.29) is 12.5 Å². The largest absolute Gasteiger partial charge is 0.446 e. The van der Waals surface area contributed by atoms with Crippen molar-refractivity contribution in [3.05, 3.63) is 42.0 Å². The average Bonchev–Trinajstić information content (AvgIpc) is 3.80. The van der Waals surface area contributed by atoms with Crippen molar-refractivity contribution in [1.82, 2.24) is 15.5 Å². The highest BCUT2D eigenvalue weighted by Gasteiger charge is 2.52. The molecule has 5 N–H and O–H groups in total. The fourth-order valence-electron chi connectivity index (χ4n) is 4.23. The summed E-state index contributed by atoms with van der Waals surface area (Å²) in [6, 6.07) is 11.9. The molecule has 0 atom stereocenters. The van der Waals surface area contributed by atoms with Gasteiger partial charge in [-0.25, -0.2) is 0 Å². The molecule has 44 heavy (non-hydrogen) atoms. The zero-order valence-electron chi connectivity index (χ0n) is 25.2. The summed E-state index contributed by atoms with van der Waals surface area (Å²) in [7, 11) is 2.00. The summed E-state index contributed by atoms with van der Waals surface area (Å²) in [4.78, 5) is 31.1. The molecule has 254 valence electrons. The second-order valence-electron chi connectivity index (χ2n) is 9.81. The minimum atomic E-state index is -4.64. The van der Waals surface area contributed by atoms with Gasteiger partial charge in [-0.2, -0.15) is 26.3 Å². The smallest absolute Gasteiger partial charge is 0.400 e. The third-order valence-electron chi connectivity index (χ3n) is 5.94. The van der Waals surface area contributed by atoms with Gasteiger partial charge in [0.25, 0.3) is 0 Å². The first-order chi connectivity index (χ1) is 20.7. The van der Waals surface area contributed by atoms with Crippen molar-refractivity contribution in [3.63, 3.8) is 0 Å². The van der Waals surface area contributed by atoms with E-state index in [9.17, 15) is 31.1 Å². The third kappa shape index (κ3) is 22.7. The molecule has 0 radical (unpaired) electrons. The van der Waals surface area contributed by atoms with Crippen molar-refractivity contribution in [2.75, 3.05) is 47.0 Å². The van der Waals surface area contributed by atoms with Gasteiger partial charge in [-0.15, -0.1) is 0 Å². The second-order valence-corrected chi connectivity index (χ2v) is 9.81. The number of hydrogen-bond donors (Lipinski definition) is 5. The minimum Gasteiger partial charge on any atom is -0.400 e. The van der Waals surface area contributed by atoms with Crippen LogP contribution in [0.25, 0.3) is 6.08 Å². The third-order valence-corrected chi connectivity index (χ3v) is 5.94. The number of aliphatic hydroxyl groups is 3. The van der Waals surface area contributed by atoms with Gasteiger partial charge in [-0.1, -0.05) is 49.4 Å². The Labute approximate surface area is 254 Å². The second kappa shape index (κ2) is 23.5. The van der Waals surface area contributed by atoms with Gasteiger partial charge < -0.3 is 26.0 Å². The van der Waals surface area contributed by atoms with Crippen molar-refractivity contribution in [2.45, 2.75) is 63.5 Å². The Kier molecular flexibility index (Phi) is 23.1. The van der Waals surface area contributed by atoms with E-state index in [1.807, 2.05) is 6.07 Å². The molecule has 1 aromatic carbocycles. The van der Waals surface area contributed by atoms with Crippen LogP contribution in [0, 0.1) is 5.41 Å². The van der Waals surface area contributed by atoms with Gasteiger partial charge in [0.05, 0.1) is 13.2 Å². The quantitative estimate of drug-likeness (QED) is 0.215. The lowest BCUT2D eigenvalue weighted by molar-refractivity contribution is -0.156. The standard InChI is InChI=1S/C13H23N3O2.C10H12.2C2HF3O.2CH4O/c17-4-3-14-12(18)7-16-8-13(9-16)5-11(6-13)15-10-1-2-10;1-2-3-7-10-8-5-4-6-9-10;2*3-2(4,5)1-6;2*1-2/h10-11,15,17H,1-9H2,(H,14,18);3-9H,2H2,1H3;2*1H;2*2H,1H3/b;7-3-;;;;. The summed E-state index contributed by atoms with van der Waals surface area (Å²) in [6.45, 7) is 5.15. The zero-order valence-corrected chi connectivity index (χ0v) is 25.2. The number of carbonyl (C=O) groups is 3. The van der Waals surface area contributed by atoms with Crippen LogP contribution in [-0.2, 0) is 14.4 Å². The Bertz CT molecular complexity index is 896. The number of alkyl halides is 6. The van der Waals surface area contributed by atoms with Gasteiger partial charge in [0.1, 0.15) is 0 Å². The number of halogens is 6. The number of benzene rings is 1. The number of nitrogens with zero attached hydrogens (tertiary/aromatic N) is 1. The molecule has 0 aromatic heterocycles. The molecule has 15 heteroatoms. The molecule has 3 fully saturated rings. The van der Waals surface area contributed by atoms with E-state index in [1.165, 1.54) is 31.2 Å². The SMILES string of the molecule is CC/C=C\c1ccccc1.CO.CO.O=C(CN1CC2(CC(NC3CC3)C2)C1)NCCO.O=CC(F)(F)F.O=CC(F)(F)F. The molecule has 2 aliphatic carbocycles. The average molecular weight is 646 g/mol. The first-order valence-electron chi connectivity index (χ1n) is 13.8. The summed E-state index contributed by atoms with van der Waals surface area (Å²) in [5.74, 6) is 0.0332. The molecule has 4 rings (SSSR count). The van der Waals surface area contributed by atoms with E-state index in [2.05, 4.69) is 58.9 Å². The number of likely N-dealkylation sites (tertiary alicyclic amines) is 1. The number of rotatable bonds is 8. The Morgan fingerprint density at radius 2 is 1.41 bits per heavy atom. The van der Waals surface area contributed by atoms with Gasteiger partial charge in [0, 0.05) is 45.9 Å². The lowest BCUT2D eigenvalue weighted by Gasteiger charge is -2.59. The van der Waals surface area contributed by atoms with E-state index in [1.54, 1.807) is 0 Å². The van der Waals surface area contributed by atoms with Crippen molar-refractivity contribution >= 4 is 24.6 Å². The molecule has 1 heterocycles. The number of hydrogen-bond acceptors (Lipinski definition) is 8. The van der Waals surface area contributed by atoms with Gasteiger partial charge in [0.15, 0.2) is 0 Å². The monoisotopic (exact) mass is 645 g/mol. The highest BCUT2D eigenvalue weighted by Crippen LogP contribution is 2.48. The molecule has 3 aliphatic rings. The summed E-state index contributed by atoms with van der Waals surface area (Å²) >= 11 is 0. The Morgan fingerprint density at radius 1 is 0.932 bits per heavy atom. The van der Waals surface area contributed by atoms with Gasteiger partial charge in [-0.05, 0) is 43.1 Å². The number of carbonyl (C=O) groups excluding carboxylic acids is 3. The van der Waals surface area contributed by atoms with Crippen molar-refractivity contribution in [2.24, 2.45) is 5.41 Å². The van der Waals surface area contributed by atoms with Crippen LogP contribution in [0.3, 0.4) is 0 Å². The molecule has 0 bridgehead atoms. The van der Waals surface area contributed by atoms with Crippen LogP contribution in [-0.4, -0.2) is 110 Å². The maximum absolute atomic E-state index is 11.5. The molecule has 1 aliphatic heterocycles. The molecular formula is C29H45F6N3O6. The maximum atomic E-state index is 11.5. The molecule has 1 spiro atoms. The van der Waals surface area contributed by atoms with Gasteiger partial charge in [-0.3, -0.25) is 19.3 Å². The lowest BCUT2D eigenvalue weighted by atomic mass is 9.60. The van der Waals surface area contributed by atoms with Crippen molar-refractivity contribution in [3.8, 4) is 0 Å². The number of aliphatic hydroxyl groups excluding tert-OH is 3. The minimum absolute atomic E-state index is 0.0180. The summed E-state index contributed by atoms with van der Waals surface area (Å²) < 4.78 is 62.5. The van der Waals surface area contributed by atoms with Gasteiger partial charge in [0.2, 0.25) is 18.5 Å². The maximum Gasteiger partial charge on any atom is 0.446 e. The van der Waals surface area contributed by atoms with E-state index in [4.69, 9.17) is 24.9 Å². The molecule has 1 saturated heterocycles. The highest BCUT2D eigenvalue weighted by atomic mass is 19.4. The molecular weight excluding hydrogens is 600 g/mol. The van der Waals surface area contributed by atoms with Crippen molar-refractivity contribution in [1.29, 1.82) is 0 Å². The highest BCUT2D eigenvalue weighted by molar-refractivity contribution is 5.78. The summed E-state index contributed by atoms with van der Waals surface area (Å²) in [5, 5.41) is 29.0. The Hall–Kier alpha value is -2.85. The van der Waals surface area contributed by atoms with Crippen LogP contribution in [0.15, 0.2) is 36.4 Å². The number of aldehydes is 2. The lowest BCUT2D eigenvalue weighted by Crippen LogP contribution is -2.67. The first-order valence-corrected chi connectivity index (χ1v) is 13.8. The number of allylic oxidation sites excluding steroid dienone is 1. The van der Waals surface area contributed by atoms with Gasteiger partial charge >= 0.3 is 12.4 Å². The topological polar surface area (TPSA) is 139 Å². The summed E-state index contributed by atoms with van der Waals surface area (Å²) in [5.41, 5.74) is 1.80. The molecule has 0 unspecified atom stereocenters. The first kappa shape index (κ1) is 43.3. The molecule has 1 amide bonds. The van der Waals surface area contributed by atoms with Crippen molar-refractivity contribution < 1.29 is 56.0 Å².